The molecule has 118 valence electrons. The van der Waals surface area contributed by atoms with Crippen molar-refractivity contribution in [1.82, 2.24) is 0 Å². The summed E-state index contributed by atoms with van der Waals surface area (Å²) >= 11 is 0. The molecule has 0 fully saturated rings. The molecular formula is C15H12N2O6. The predicted molar refractivity (Wildman–Crippen MR) is 81.1 cm³/mol. The van der Waals surface area contributed by atoms with Crippen LogP contribution in [-0.4, -0.2) is 16.1 Å². The number of nitro groups is 2. The van der Waals surface area contributed by atoms with Gasteiger partial charge in [0.2, 0.25) is 5.75 Å². The number of hydrogen-bond acceptors (Lipinski definition) is 6. The monoisotopic (exact) mass is 316 g/mol. The highest BCUT2D eigenvalue weighted by Gasteiger charge is 2.22. The van der Waals surface area contributed by atoms with Crippen molar-refractivity contribution >= 4 is 17.7 Å². The van der Waals surface area contributed by atoms with E-state index in [1.54, 1.807) is 26.0 Å². The molecule has 0 bridgehead atoms. The summed E-state index contributed by atoms with van der Waals surface area (Å²) in [5.74, 6) is 0.262. The number of aryl methyl sites for hydroxylation is 2. The molecule has 2 aromatic carbocycles. The third-order valence-corrected chi connectivity index (χ3v) is 3.18. The van der Waals surface area contributed by atoms with Gasteiger partial charge in [0.05, 0.1) is 15.9 Å². The van der Waals surface area contributed by atoms with E-state index in [2.05, 4.69) is 0 Å². The summed E-state index contributed by atoms with van der Waals surface area (Å²) in [6, 6.07) is 6.34. The van der Waals surface area contributed by atoms with Gasteiger partial charge in [-0.15, -0.1) is 0 Å². The molecule has 0 heterocycles. The molecule has 0 radical (unpaired) electrons. The third kappa shape index (κ3) is 3.31. The van der Waals surface area contributed by atoms with Gasteiger partial charge >= 0.3 is 5.69 Å². The number of nitro benzene ring substituents is 2. The zero-order valence-electron chi connectivity index (χ0n) is 12.3. The lowest BCUT2D eigenvalue weighted by Gasteiger charge is -2.12. The summed E-state index contributed by atoms with van der Waals surface area (Å²) in [5, 5.41) is 21.8. The van der Waals surface area contributed by atoms with Crippen molar-refractivity contribution in [2.75, 3.05) is 0 Å². The first-order valence-electron chi connectivity index (χ1n) is 6.50. The highest BCUT2D eigenvalue weighted by atomic mass is 16.6. The van der Waals surface area contributed by atoms with Crippen LogP contribution in [0.3, 0.4) is 0 Å². The Kier molecular flexibility index (Phi) is 4.35. The summed E-state index contributed by atoms with van der Waals surface area (Å²) in [6.45, 7) is 3.40. The Hall–Kier alpha value is -3.29. The number of rotatable bonds is 5. The van der Waals surface area contributed by atoms with E-state index in [0.29, 0.717) is 28.7 Å². The van der Waals surface area contributed by atoms with Crippen LogP contribution < -0.4 is 4.74 Å². The average Bonchev–Trinajstić information content (AvgIpc) is 2.50. The minimum absolute atomic E-state index is 0.106. The Balaban J connectivity index is 2.50. The second-order valence-corrected chi connectivity index (χ2v) is 4.87. The van der Waals surface area contributed by atoms with Crippen LogP contribution in [0.4, 0.5) is 11.4 Å². The second kappa shape index (κ2) is 6.22. The Morgan fingerprint density at radius 1 is 1.00 bits per heavy atom. The fraction of sp³-hybridized carbons (Fsp3) is 0.133. The molecular weight excluding hydrogens is 304 g/mol. The SMILES string of the molecule is Cc1cc(C=O)cc(C)c1Oc1ccc([N+](=O)[O-])cc1[N+](=O)[O-]. The molecule has 0 N–H and O–H groups in total. The van der Waals surface area contributed by atoms with E-state index in [0.717, 1.165) is 12.1 Å². The van der Waals surface area contributed by atoms with Crippen LogP contribution in [0.1, 0.15) is 21.5 Å². The molecule has 0 aliphatic heterocycles. The van der Waals surface area contributed by atoms with Crippen LogP contribution in [-0.2, 0) is 0 Å². The molecule has 0 aromatic heterocycles. The van der Waals surface area contributed by atoms with Crippen molar-refractivity contribution in [1.29, 1.82) is 0 Å². The Morgan fingerprint density at radius 3 is 2.09 bits per heavy atom. The van der Waals surface area contributed by atoms with Gasteiger partial charge < -0.3 is 4.74 Å². The maximum absolute atomic E-state index is 11.1. The van der Waals surface area contributed by atoms with Crippen molar-refractivity contribution in [3.8, 4) is 11.5 Å². The van der Waals surface area contributed by atoms with Crippen LogP contribution in [0.25, 0.3) is 0 Å². The van der Waals surface area contributed by atoms with Gasteiger partial charge in [-0.3, -0.25) is 25.0 Å². The van der Waals surface area contributed by atoms with E-state index < -0.39 is 21.2 Å². The van der Waals surface area contributed by atoms with Gasteiger partial charge in [-0.05, 0) is 43.2 Å². The first-order valence-corrected chi connectivity index (χ1v) is 6.50. The van der Waals surface area contributed by atoms with Gasteiger partial charge in [0.1, 0.15) is 12.0 Å². The lowest BCUT2D eigenvalue weighted by atomic mass is 10.1. The molecule has 8 nitrogen and oxygen atoms in total. The van der Waals surface area contributed by atoms with E-state index in [1.807, 2.05) is 0 Å². The standard InChI is InChI=1S/C15H12N2O6/c1-9-5-11(8-18)6-10(2)15(9)23-14-4-3-12(16(19)20)7-13(14)17(21)22/h3-8H,1-2H3. The van der Waals surface area contributed by atoms with Crippen molar-refractivity contribution in [2.45, 2.75) is 13.8 Å². The molecule has 23 heavy (non-hydrogen) atoms. The van der Waals surface area contributed by atoms with Gasteiger partial charge in [0.15, 0.2) is 0 Å². The lowest BCUT2D eigenvalue weighted by Crippen LogP contribution is -1.98. The van der Waals surface area contributed by atoms with Crippen LogP contribution in [0.2, 0.25) is 0 Å². The molecule has 0 spiro atoms. The number of nitrogens with zero attached hydrogens (tertiary/aromatic N) is 2. The summed E-state index contributed by atoms with van der Waals surface area (Å²) in [4.78, 5) is 31.2. The molecule has 8 heteroatoms. The average molecular weight is 316 g/mol. The summed E-state index contributed by atoms with van der Waals surface area (Å²) < 4.78 is 5.59. The lowest BCUT2D eigenvalue weighted by molar-refractivity contribution is -0.394. The van der Waals surface area contributed by atoms with Crippen LogP contribution in [0, 0.1) is 34.1 Å². The zero-order chi connectivity index (χ0) is 17.1. The first kappa shape index (κ1) is 16.1. The van der Waals surface area contributed by atoms with E-state index in [1.165, 1.54) is 6.07 Å². The van der Waals surface area contributed by atoms with Crippen molar-refractivity contribution in [2.24, 2.45) is 0 Å². The van der Waals surface area contributed by atoms with Gasteiger partial charge in [0, 0.05) is 11.6 Å². The quantitative estimate of drug-likeness (QED) is 0.472. The first-order chi connectivity index (χ1) is 10.8. The Morgan fingerprint density at radius 2 is 1.61 bits per heavy atom. The topological polar surface area (TPSA) is 113 Å². The highest BCUT2D eigenvalue weighted by molar-refractivity contribution is 5.76. The molecule has 0 aliphatic carbocycles. The minimum Gasteiger partial charge on any atom is -0.450 e. The summed E-state index contributed by atoms with van der Waals surface area (Å²) in [6.07, 6.45) is 0.693. The molecule has 0 saturated heterocycles. The number of hydrogen-bond donors (Lipinski definition) is 0. The summed E-state index contributed by atoms with van der Waals surface area (Å²) in [5.41, 5.74) is 0.816. The fourth-order valence-corrected chi connectivity index (χ4v) is 2.17. The van der Waals surface area contributed by atoms with Crippen LogP contribution in [0.15, 0.2) is 30.3 Å². The molecule has 2 aromatic rings. The Labute approximate surface area is 130 Å². The van der Waals surface area contributed by atoms with E-state index in [-0.39, 0.29) is 5.75 Å². The minimum atomic E-state index is -0.743. The zero-order valence-corrected chi connectivity index (χ0v) is 12.3. The van der Waals surface area contributed by atoms with E-state index >= 15 is 0 Å². The van der Waals surface area contributed by atoms with Gasteiger partial charge in [0.25, 0.3) is 5.69 Å². The third-order valence-electron chi connectivity index (χ3n) is 3.18. The number of aldehydes is 1. The number of ether oxygens (including phenoxy) is 1. The highest BCUT2D eigenvalue weighted by Crippen LogP contribution is 2.37. The second-order valence-electron chi connectivity index (χ2n) is 4.87. The van der Waals surface area contributed by atoms with Crippen LogP contribution >= 0.6 is 0 Å². The predicted octanol–water partition coefficient (Wildman–Crippen LogP) is 3.72. The number of non-ortho nitro benzene ring substituents is 1. The number of benzene rings is 2. The molecule has 0 unspecified atom stereocenters. The van der Waals surface area contributed by atoms with Crippen LogP contribution in [0.5, 0.6) is 11.5 Å². The molecule has 2 rings (SSSR count). The Bertz CT molecular complexity index is 793. The van der Waals surface area contributed by atoms with E-state index in [9.17, 15) is 25.0 Å². The number of carbonyl (C=O) groups excluding carboxylic acids is 1. The fourth-order valence-electron chi connectivity index (χ4n) is 2.17. The van der Waals surface area contributed by atoms with Crippen molar-refractivity contribution in [3.63, 3.8) is 0 Å². The van der Waals surface area contributed by atoms with Gasteiger partial charge in [-0.1, -0.05) is 0 Å². The summed E-state index contributed by atoms with van der Waals surface area (Å²) in [7, 11) is 0. The number of carbonyl (C=O) groups is 1. The molecule has 0 amide bonds. The largest absolute Gasteiger partial charge is 0.450 e. The maximum atomic E-state index is 11.1. The molecule has 0 saturated carbocycles. The smallest absolute Gasteiger partial charge is 0.318 e. The van der Waals surface area contributed by atoms with Crippen molar-refractivity contribution < 1.29 is 19.4 Å². The normalized spacial score (nSPS) is 10.2. The van der Waals surface area contributed by atoms with Gasteiger partial charge in [-0.25, -0.2) is 0 Å². The molecule has 0 aliphatic rings. The molecule has 0 atom stereocenters. The van der Waals surface area contributed by atoms with E-state index in [4.69, 9.17) is 4.74 Å². The van der Waals surface area contributed by atoms with Gasteiger partial charge in [-0.2, -0.15) is 0 Å². The van der Waals surface area contributed by atoms with Crippen molar-refractivity contribution in [3.05, 3.63) is 67.3 Å². The maximum Gasteiger partial charge on any atom is 0.318 e.